The van der Waals surface area contributed by atoms with E-state index in [0.717, 1.165) is 5.56 Å². The van der Waals surface area contributed by atoms with E-state index in [1.54, 1.807) is 29.2 Å². The van der Waals surface area contributed by atoms with Crippen molar-refractivity contribution in [1.82, 2.24) is 4.90 Å². The standard InChI is InChI=1S/C23H26ClNO6/c1-15-11-25(12-16(2)31-15)22(26)14-30-23(27)18-6-9-20(21(10-18)28-3)29-13-17-4-7-19(24)8-5-17/h4-10,15-16H,11-14H2,1-3H3/t15-,16-/m0/s1. The van der Waals surface area contributed by atoms with Gasteiger partial charge >= 0.3 is 5.97 Å². The van der Waals surface area contributed by atoms with E-state index >= 15 is 0 Å². The van der Waals surface area contributed by atoms with Gasteiger partial charge in [0.15, 0.2) is 18.1 Å². The molecular formula is C23H26ClNO6. The zero-order chi connectivity index (χ0) is 22.4. The Balaban J connectivity index is 1.57. The Bertz CT molecular complexity index is 907. The molecule has 1 fully saturated rings. The van der Waals surface area contributed by atoms with E-state index in [9.17, 15) is 9.59 Å². The predicted molar refractivity (Wildman–Crippen MR) is 116 cm³/mol. The van der Waals surface area contributed by atoms with Gasteiger partial charge in [0, 0.05) is 18.1 Å². The van der Waals surface area contributed by atoms with Gasteiger partial charge < -0.3 is 23.8 Å². The van der Waals surface area contributed by atoms with Crippen molar-refractivity contribution in [1.29, 1.82) is 0 Å². The number of ether oxygens (including phenoxy) is 4. The van der Waals surface area contributed by atoms with Gasteiger partial charge in [-0.2, -0.15) is 0 Å². The molecule has 0 bridgehead atoms. The molecule has 7 nitrogen and oxygen atoms in total. The summed E-state index contributed by atoms with van der Waals surface area (Å²) in [4.78, 5) is 26.5. The second kappa shape index (κ2) is 10.5. The molecule has 2 aromatic carbocycles. The molecule has 31 heavy (non-hydrogen) atoms. The Morgan fingerprint density at radius 3 is 2.39 bits per heavy atom. The predicted octanol–water partition coefficient (Wildman–Crippen LogP) is 3.72. The first-order chi connectivity index (χ1) is 14.9. The second-order valence-electron chi connectivity index (χ2n) is 7.41. The largest absolute Gasteiger partial charge is 0.493 e. The number of esters is 1. The van der Waals surface area contributed by atoms with E-state index in [1.807, 2.05) is 26.0 Å². The molecule has 1 amide bonds. The maximum Gasteiger partial charge on any atom is 0.338 e. The lowest BCUT2D eigenvalue weighted by Gasteiger charge is -2.35. The Morgan fingerprint density at radius 2 is 1.74 bits per heavy atom. The lowest BCUT2D eigenvalue weighted by atomic mass is 10.2. The van der Waals surface area contributed by atoms with Crippen molar-refractivity contribution >= 4 is 23.5 Å². The number of amides is 1. The number of benzene rings is 2. The normalized spacial score (nSPS) is 18.4. The molecule has 0 spiro atoms. The lowest BCUT2D eigenvalue weighted by Crippen LogP contribution is -2.49. The Labute approximate surface area is 186 Å². The number of rotatable bonds is 7. The van der Waals surface area contributed by atoms with Gasteiger partial charge in [0.05, 0.1) is 24.9 Å². The highest BCUT2D eigenvalue weighted by Crippen LogP contribution is 2.29. The first-order valence-corrected chi connectivity index (χ1v) is 10.4. The minimum atomic E-state index is -0.606. The maximum atomic E-state index is 12.4. The molecule has 0 unspecified atom stereocenters. The average molecular weight is 448 g/mol. The molecule has 3 rings (SSSR count). The van der Waals surface area contributed by atoms with Crippen molar-refractivity contribution in [2.45, 2.75) is 32.7 Å². The van der Waals surface area contributed by atoms with Gasteiger partial charge in [-0.05, 0) is 49.7 Å². The van der Waals surface area contributed by atoms with Gasteiger partial charge in [-0.15, -0.1) is 0 Å². The third-order valence-electron chi connectivity index (χ3n) is 4.81. The third kappa shape index (κ3) is 6.35. The fraction of sp³-hybridized carbons (Fsp3) is 0.391. The Morgan fingerprint density at radius 1 is 1.06 bits per heavy atom. The molecule has 0 radical (unpaired) electrons. The quantitative estimate of drug-likeness (QED) is 0.602. The zero-order valence-corrected chi connectivity index (χ0v) is 18.6. The lowest BCUT2D eigenvalue weighted by molar-refractivity contribution is -0.146. The molecule has 166 valence electrons. The van der Waals surface area contributed by atoms with Crippen LogP contribution in [0.25, 0.3) is 0 Å². The van der Waals surface area contributed by atoms with E-state index < -0.39 is 5.97 Å². The summed E-state index contributed by atoms with van der Waals surface area (Å²) in [5.74, 6) is 0.0300. The summed E-state index contributed by atoms with van der Waals surface area (Å²) >= 11 is 5.89. The van der Waals surface area contributed by atoms with Gasteiger partial charge in [0.1, 0.15) is 6.61 Å². The number of halogens is 1. The van der Waals surface area contributed by atoms with Gasteiger partial charge in [-0.25, -0.2) is 4.79 Å². The summed E-state index contributed by atoms with van der Waals surface area (Å²) in [5, 5.41) is 0.653. The minimum absolute atomic E-state index is 0.0481. The molecule has 0 aliphatic carbocycles. The molecule has 2 aromatic rings. The van der Waals surface area contributed by atoms with Gasteiger partial charge in [-0.1, -0.05) is 23.7 Å². The average Bonchev–Trinajstić information content (AvgIpc) is 2.76. The number of carbonyl (C=O) groups is 2. The highest BCUT2D eigenvalue weighted by atomic mass is 35.5. The van der Waals surface area contributed by atoms with Crippen LogP contribution in [0.5, 0.6) is 11.5 Å². The fourth-order valence-corrected chi connectivity index (χ4v) is 3.46. The van der Waals surface area contributed by atoms with Crippen LogP contribution in [0.15, 0.2) is 42.5 Å². The summed E-state index contributed by atoms with van der Waals surface area (Å²) < 4.78 is 22.0. The molecule has 0 saturated carbocycles. The first-order valence-electron chi connectivity index (χ1n) is 10.0. The molecule has 0 N–H and O–H groups in total. The van der Waals surface area contributed by atoms with Crippen LogP contribution in [-0.4, -0.2) is 55.8 Å². The van der Waals surface area contributed by atoms with Crippen molar-refractivity contribution in [2.24, 2.45) is 0 Å². The third-order valence-corrected chi connectivity index (χ3v) is 5.06. The van der Waals surface area contributed by atoms with Crippen LogP contribution in [0, 0.1) is 0 Å². The number of morpholine rings is 1. The SMILES string of the molecule is COc1cc(C(=O)OCC(=O)N2C[C@H](C)O[C@@H](C)C2)ccc1OCc1ccc(Cl)cc1. The van der Waals surface area contributed by atoms with E-state index in [4.69, 9.17) is 30.5 Å². The van der Waals surface area contributed by atoms with Crippen molar-refractivity contribution in [3.8, 4) is 11.5 Å². The van der Waals surface area contributed by atoms with Crippen LogP contribution in [0.1, 0.15) is 29.8 Å². The molecule has 1 aliphatic heterocycles. The Kier molecular flexibility index (Phi) is 7.76. The van der Waals surface area contributed by atoms with Gasteiger partial charge in [0.2, 0.25) is 0 Å². The number of nitrogens with zero attached hydrogens (tertiary/aromatic N) is 1. The maximum absolute atomic E-state index is 12.4. The van der Waals surface area contributed by atoms with Crippen molar-refractivity contribution in [3.63, 3.8) is 0 Å². The first kappa shape index (κ1) is 22.9. The van der Waals surface area contributed by atoms with Gasteiger partial charge in [-0.3, -0.25) is 4.79 Å². The number of hydrogen-bond acceptors (Lipinski definition) is 6. The van der Waals surface area contributed by atoms with Crippen LogP contribution in [0.4, 0.5) is 0 Å². The fourth-order valence-electron chi connectivity index (χ4n) is 3.34. The Hall–Kier alpha value is -2.77. The monoisotopic (exact) mass is 447 g/mol. The summed E-state index contributed by atoms with van der Waals surface area (Å²) in [6.45, 7) is 4.77. The summed E-state index contributed by atoms with van der Waals surface area (Å²) in [6.07, 6.45) is -0.0961. The van der Waals surface area contributed by atoms with Crippen LogP contribution in [0.2, 0.25) is 5.02 Å². The zero-order valence-electron chi connectivity index (χ0n) is 17.8. The van der Waals surface area contributed by atoms with Crippen molar-refractivity contribution < 1.29 is 28.5 Å². The van der Waals surface area contributed by atoms with Crippen molar-refractivity contribution in [3.05, 3.63) is 58.6 Å². The molecular weight excluding hydrogens is 422 g/mol. The van der Waals surface area contributed by atoms with E-state index in [-0.39, 0.29) is 30.3 Å². The van der Waals surface area contributed by atoms with E-state index in [2.05, 4.69) is 0 Å². The van der Waals surface area contributed by atoms with E-state index in [1.165, 1.54) is 13.2 Å². The molecule has 1 saturated heterocycles. The van der Waals surface area contributed by atoms with Crippen LogP contribution < -0.4 is 9.47 Å². The summed E-state index contributed by atoms with van der Waals surface area (Å²) in [5.41, 5.74) is 1.22. The molecule has 2 atom stereocenters. The van der Waals surface area contributed by atoms with Gasteiger partial charge in [0.25, 0.3) is 5.91 Å². The molecule has 1 heterocycles. The summed E-state index contributed by atoms with van der Waals surface area (Å²) in [6, 6.07) is 12.1. The molecule has 8 heteroatoms. The van der Waals surface area contributed by atoms with Crippen LogP contribution in [0.3, 0.4) is 0 Å². The number of hydrogen-bond donors (Lipinski definition) is 0. The van der Waals surface area contributed by atoms with Crippen LogP contribution >= 0.6 is 11.6 Å². The number of carbonyl (C=O) groups excluding carboxylic acids is 2. The molecule has 0 aromatic heterocycles. The minimum Gasteiger partial charge on any atom is -0.493 e. The van der Waals surface area contributed by atoms with Crippen LogP contribution in [-0.2, 0) is 20.9 Å². The van der Waals surface area contributed by atoms with Crippen molar-refractivity contribution in [2.75, 3.05) is 26.8 Å². The van der Waals surface area contributed by atoms with E-state index in [0.29, 0.717) is 36.2 Å². The summed E-state index contributed by atoms with van der Waals surface area (Å²) in [7, 11) is 1.49. The smallest absolute Gasteiger partial charge is 0.338 e. The highest BCUT2D eigenvalue weighted by molar-refractivity contribution is 6.30. The highest BCUT2D eigenvalue weighted by Gasteiger charge is 2.26. The topological polar surface area (TPSA) is 74.3 Å². The number of methoxy groups -OCH3 is 1. The molecule has 1 aliphatic rings. The second-order valence-corrected chi connectivity index (χ2v) is 7.85.